The highest BCUT2D eigenvalue weighted by atomic mass is 35.5. The zero-order valence-electron chi connectivity index (χ0n) is 8.47. The Morgan fingerprint density at radius 2 is 1.56 bits per heavy atom. The predicted octanol–water partition coefficient (Wildman–Crippen LogP) is 4.34. The highest BCUT2D eigenvalue weighted by Gasteiger charge is 1.96. The SMILES string of the molecule is Nc1ccc(N=Nc2ccccc2)cc1Cl. The largest absolute Gasteiger partial charge is 0.398 e. The first kappa shape index (κ1) is 10.6. The molecule has 4 heteroatoms. The Bertz CT molecular complexity index is 509. The molecule has 2 N–H and O–H groups in total. The van der Waals surface area contributed by atoms with Crippen molar-refractivity contribution in [3.05, 3.63) is 53.6 Å². The highest BCUT2D eigenvalue weighted by molar-refractivity contribution is 6.33. The van der Waals surface area contributed by atoms with Crippen molar-refractivity contribution in [2.75, 3.05) is 5.73 Å². The van der Waals surface area contributed by atoms with Gasteiger partial charge in [-0.05, 0) is 30.3 Å². The average Bonchev–Trinajstić information content (AvgIpc) is 2.32. The average molecular weight is 232 g/mol. The van der Waals surface area contributed by atoms with Crippen LogP contribution in [0.5, 0.6) is 0 Å². The molecule has 0 heterocycles. The van der Waals surface area contributed by atoms with E-state index in [-0.39, 0.29) is 0 Å². The molecule has 0 radical (unpaired) electrons. The van der Waals surface area contributed by atoms with Gasteiger partial charge in [0.25, 0.3) is 0 Å². The lowest BCUT2D eigenvalue weighted by atomic mass is 10.3. The Hall–Kier alpha value is -1.87. The summed E-state index contributed by atoms with van der Waals surface area (Å²) >= 11 is 5.87. The van der Waals surface area contributed by atoms with E-state index in [0.29, 0.717) is 16.4 Å². The molecule has 2 aromatic rings. The van der Waals surface area contributed by atoms with Gasteiger partial charge in [-0.2, -0.15) is 10.2 Å². The topological polar surface area (TPSA) is 50.7 Å². The highest BCUT2D eigenvalue weighted by Crippen LogP contribution is 2.25. The van der Waals surface area contributed by atoms with Crippen molar-refractivity contribution in [3.8, 4) is 0 Å². The fraction of sp³-hybridized carbons (Fsp3) is 0. The number of nitrogens with zero attached hydrogens (tertiary/aromatic N) is 2. The Labute approximate surface area is 98.6 Å². The molecule has 0 aliphatic carbocycles. The third-order valence-corrected chi connectivity index (χ3v) is 2.35. The van der Waals surface area contributed by atoms with Crippen LogP contribution in [0.25, 0.3) is 0 Å². The Balaban J connectivity index is 2.21. The van der Waals surface area contributed by atoms with Gasteiger partial charge in [0, 0.05) is 0 Å². The molecule has 0 saturated heterocycles. The maximum atomic E-state index is 5.87. The number of hydrogen-bond acceptors (Lipinski definition) is 3. The summed E-state index contributed by atoms with van der Waals surface area (Å²) in [5.74, 6) is 0. The zero-order chi connectivity index (χ0) is 11.4. The number of anilines is 1. The molecule has 0 amide bonds. The second-order valence-corrected chi connectivity index (χ2v) is 3.65. The summed E-state index contributed by atoms with van der Waals surface area (Å²) in [5, 5.41) is 8.63. The van der Waals surface area contributed by atoms with Gasteiger partial charge in [-0.25, -0.2) is 0 Å². The van der Waals surface area contributed by atoms with Crippen LogP contribution in [0.15, 0.2) is 58.8 Å². The number of halogens is 1. The third-order valence-electron chi connectivity index (χ3n) is 2.02. The molecule has 2 rings (SSSR count). The standard InChI is InChI=1S/C12H10ClN3/c13-11-8-10(6-7-12(11)14)16-15-9-4-2-1-3-5-9/h1-8H,14H2. The van der Waals surface area contributed by atoms with Crippen LogP contribution in [0.1, 0.15) is 0 Å². The quantitative estimate of drug-likeness (QED) is 0.607. The van der Waals surface area contributed by atoms with E-state index in [1.807, 2.05) is 30.3 Å². The lowest BCUT2D eigenvalue weighted by Gasteiger charge is -1.97. The number of nitrogens with two attached hydrogens (primary N) is 1. The monoisotopic (exact) mass is 231 g/mol. The summed E-state index contributed by atoms with van der Waals surface area (Å²) in [6.45, 7) is 0. The molecule has 0 aliphatic heterocycles. The van der Waals surface area contributed by atoms with Gasteiger partial charge in [0.1, 0.15) is 0 Å². The van der Waals surface area contributed by atoms with Crippen LogP contribution >= 0.6 is 11.6 Å². The maximum absolute atomic E-state index is 5.87. The maximum Gasteiger partial charge on any atom is 0.0873 e. The van der Waals surface area contributed by atoms with Crippen LogP contribution in [0.3, 0.4) is 0 Å². The molecule has 0 bridgehead atoms. The van der Waals surface area contributed by atoms with Gasteiger partial charge in [0.05, 0.1) is 22.1 Å². The molecular formula is C12H10ClN3. The van der Waals surface area contributed by atoms with E-state index in [9.17, 15) is 0 Å². The summed E-state index contributed by atoms with van der Waals surface area (Å²) in [7, 11) is 0. The van der Waals surface area contributed by atoms with Gasteiger partial charge in [-0.15, -0.1) is 0 Å². The van der Waals surface area contributed by atoms with Gasteiger partial charge in [0.15, 0.2) is 0 Å². The first-order chi connectivity index (χ1) is 7.75. The zero-order valence-corrected chi connectivity index (χ0v) is 9.22. The second kappa shape index (κ2) is 4.77. The molecule has 80 valence electrons. The van der Waals surface area contributed by atoms with E-state index in [2.05, 4.69) is 10.2 Å². The second-order valence-electron chi connectivity index (χ2n) is 3.24. The smallest absolute Gasteiger partial charge is 0.0873 e. The van der Waals surface area contributed by atoms with Gasteiger partial charge in [0.2, 0.25) is 0 Å². The van der Waals surface area contributed by atoms with E-state index < -0.39 is 0 Å². The third kappa shape index (κ3) is 2.58. The molecule has 0 saturated carbocycles. The van der Waals surface area contributed by atoms with E-state index in [1.54, 1.807) is 18.2 Å². The molecule has 0 unspecified atom stereocenters. The van der Waals surface area contributed by atoms with E-state index in [1.165, 1.54) is 0 Å². The van der Waals surface area contributed by atoms with Crippen LogP contribution in [0.2, 0.25) is 5.02 Å². The van der Waals surface area contributed by atoms with Crippen molar-refractivity contribution in [2.24, 2.45) is 10.2 Å². The summed E-state index contributed by atoms with van der Waals surface area (Å²) in [6, 6.07) is 14.7. The minimum atomic E-state index is 0.490. The lowest BCUT2D eigenvalue weighted by Crippen LogP contribution is -1.83. The van der Waals surface area contributed by atoms with E-state index >= 15 is 0 Å². The van der Waals surface area contributed by atoms with Gasteiger partial charge in [-0.3, -0.25) is 0 Å². The summed E-state index contributed by atoms with van der Waals surface area (Å²) in [6.07, 6.45) is 0. The number of nitrogen functional groups attached to an aromatic ring is 1. The number of benzene rings is 2. The fourth-order valence-electron chi connectivity index (χ4n) is 1.19. The van der Waals surface area contributed by atoms with Crippen molar-refractivity contribution in [3.63, 3.8) is 0 Å². The molecule has 3 nitrogen and oxygen atoms in total. The van der Waals surface area contributed by atoms with E-state index in [0.717, 1.165) is 5.69 Å². The normalized spacial score (nSPS) is 10.8. The number of azo groups is 1. The Morgan fingerprint density at radius 3 is 2.25 bits per heavy atom. The fourth-order valence-corrected chi connectivity index (χ4v) is 1.36. The number of hydrogen-bond donors (Lipinski definition) is 1. The van der Waals surface area contributed by atoms with Crippen LogP contribution in [-0.2, 0) is 0 Å². The van der Waals surface area contributed by atoms with Gasteiger partial charge in [-0.1, -0.05) is 29.8 Å². The Kier molecular flexibility index (Phi) is 3.17. The summed E-state index contributed by atoms with van der Waals surface area (Å²) < 4.78 is 0. The molecule has 16 heavy (non-hydrogen) atoms. The van der Waals surface area contributed by atoms with Crippen LogP contribution < -0.4 is 5.73 Å². The lowest BCUT2D eigenvalue weighted by molar-refractivity contribution is 1.23. The van der Waals surface area contributed by atoms with Gasteiger partial charge < -0.3 is 5.73 Å². The van der Waals surface area contributed by atoms with Crippen LogP contribution in [0, 0.1) is 0 Å². The predicted molar refractivity (Wildman–Crippen MR) is 66.5 cm³/mol. The minimum Gasteiger partial charge on any atom is -0.398 e. The Morgan fingerprint density at radius 1 is 0.875 bits per heavy atom. The minimum absolute atomic E-state index is 0.490. The van der Waals surface area contributed by atoms with Crippen LogP contribution in [-0.4, -0.2) is 0 Å². The van der Waals surface area contributed by atoms with Crippen molar-refractivity contribution in [2.45, 2.75) is 0 Å². The molecule has 0 spiro atoms. The molecule has 0 aliphatic rings. The first-order valence-corrected chi connectivity index (χ1v) is 5.15. The molecule has 2 aromatic carbocycles. The molecular weight excluding hydrogens is 222 g/mol. The first-order valence-electron chi connectivity index (χ1n) is 4.77. The number of rotatable bonds is 2. The van der Waals surface area contributed by atoms with Crippen molar-refractivity contribution >= 4 is 28.7 Å². The van der Waals surface area contributed by atoms with Crippen molar-refractivity contribution < 1.29 is 0 Å². The molecule has 0 aromatic heterocycles. The van der Waals surface area contributed by atoms with Crippen molar-refractivity contribution in [1.29, 1.82) is 0 Å². The van der Waals surface area contributed by atoms with Gasteiger partial charge >= 0.3 is 0 Å². The van der Waals surface area contributed by atoms with E-state index in [4.69, 9.17) is 17.3 Å². The van der Waals surface area contributed by atoms with Crippen LogP contribution in [0.4, 0.5) is 17.1 Å². The van der Waals surface area contributed by atoms with Crippen molar-refractivity contribution in [1.82, 2.24) is 0 Å². The molecule has 0 atom stereocenters. The summed E-state index contributed by atoms with van der Waals surface area (Å²) in [4.78, 5) is 0. The molecule has 0 fully saturated rings. The summed E-state index contributed by atoms with van der Waals surface area (Å²) in [5.41, 5.74) is 7.62.